The Bertz CT molecular complexity index is 1100. The lowest BCUT2D eigenvalue weighted by Gasteiger charge is -2.36. The van der Waals surface area contributed by atoms with Gasteiger partial charge in [-0.2, -0.15) is 13.2 Å². The Labute approximate surface area is 198 Å². The highest BCUT2D eigenvalue weighted by Gasteiger charge is 2.40. The van der Waals surface area contributed by atoms with Crippen molar-refractivity contribution in [2.24, 2.45) is 5.73 Å². The molecule has 0 aliphatic carbocycles. The topological polar surface area (TPSA) is 126 Å². The van der Waals surface area contributed by atoms with E-state index in [4.69, 9.17) is 5.73 Å². The maximum Gasteiger partial charge on any atom is 0.433 e. The Hall–Kier alpha value is -3.19. The number of aliphatic hydroxyl groups is 1. The average Bonchev–Trinajstić information content (AvgIpc) is 2.83. The first-order valence-electron chi connectivity index (χ1n) is 11.1. The third-order valence-corrected chi connectivity index (χ3v) is 6.09. The van der Waals surface area contributed by atoms with Gasteiger partial charge >= 0.3 is 6.18 Å². The highest BCUT2D eigenvalue weighted by atomic mass is 19.4. The van der Waals surface area contributed by atoms with Gasteiger partial charge in [0.25, 0.3) is 0 Å². The summed E-state index contributed by atoms with van der Waals surface area (Å²) in [7, 11) is 0. The number of rotatable bonds is 5. The summed E-state index contributed by atoms with van der Waals surface area (Å²) in [5.74, 6) is -1.03. The van der Waals surface area contributed by atoms with Gasteiger partial charge in [0, 0.05) is 55.5 Å². The molecule has 0 saturated carbocycles. The van der Waals surface area contributed by atoms with Crippen molar-refractivity contribution in [2.75, 3.05) is 13.1 Å². The molecule has 0 radical (unpaired) electrons. The number of fused-ring (bicyclic) bond motifs is 1. The van der Waals surface area contributed by atoms with E-state index in [0.29, 0.717) is 5.56 Å². The molecule has 0 spiro atoms. The average molecular weight is 496 g/mol. The minimum absolute atomic E-state index is 0.0113. The lowest BCUT2D eigenvalue weighted by molar-refractivity contribution is -0.155. The van der Waals surface area contributed by atoms with Crippen LogP contribution in [0, 0.1) is 0 Å². The van der Waals surface area contributed by atoms with Gasteiger partial charge in [-0.15, -0.1) is 0 Å². The molecule has 0 aromatic carbocycles. The van der Waals surface area contributed by atoms with E-state index in [-0.39, 0.29) is 62.4 Å². The van der Waals surface area contributed by atoms with Crippen LogP contribution in [-0.4, -0.2) is 73.2 Å². The lowest BCUT2D eigenvalue weighted by atomic mass is 10.0. The van der Waals surface area contributed by atoms with Crippen LogP contribution < -0.4 is 5.73 Å². The van der Waals surface area contributed by atoms with Crippen molar-refractivity contribution in [1.29, 1.82) is 0 Å². The number of carbonyl (C=O) groups excluding carboxylic acids is 2. The van der Waals surface area contributed by atoms with Crippen molar-refractivity contribution < 1.29 is 32.3 Å². The number of aromatic nitrogens is 3. The van der Waals surface area contributed by atoms with Gasteiger partial charge < -0.3 is 20.6 Å². The molecule has 1 fully saturated rings. The molecule has 9 nitrogen and oxygen atoms in total. The smallest absolute Gasteiger partial charge is 0.370 e. The number of pyridine rings is 1. The number of hydrogen-bond acceptors (Lipinski definition) is 7. The standard InChI is InChI=1S/C22H24F4N6O3/c23-15-1-2-17(33)32(21(15)35)10-13(27)9-18(34)31-8-5-14-16(11-31)29-20(12-3-6-28-7-4-12)30-19(14)22(24,25)26/h3-4,6-7,13,15,21,35H,1-2,5,8-11,27H2/t13-,15?,21?/m0/s1. The molecule has 3 atom stereocenters. The van der Waals surface area contributed by atoms with Crippen LogP contribution in [0.4, 0.5) is 17.6 Å². The van der Waals surface area contributed by atoms with Crippen LogP contribution in [0.3, 0.4) is 0 Å². The minimum Gasteiger partial charge on any atom is -0.370 e. The number of carbonyl (C=O) groups is 2. The number of piperidine rings is 1. The van der Waals surface area contributed by atoms with Crippen LogP contribution in [0.15, 0.2) is 24.5 Å². The second-order valence-electron chi connectivity index (χ2n) is 8.60. The molecule has 3 N–H and O–H groups in total. The highest BCUT2D eigenvalue weighted by molar-refractivity contribution is 5.79. The summed E-state index contributed by atoms with van der Waals surface area (Å²) in [4.78, 5) is 39.0. The molecular formula is C22H24F4N6O3. The Balaban J connectivity index is 1.50. The number of halogens is 4. The van der Waals surface area contributed by atoms with Gasteiger partial charge in [0.15, 0.2) is 17.7 Å². The number of nitrogens with zero attached hydrogens (tertiary/aromatic N) is 5. The summed E-state index contributed by atoms with van der Waals surface area (Å²) in [5, 5.41) is 9.93. The van der Waals surface area contributed by atoms with E-state index in [1.807, 2.05) is 0 Å². The first-order valence-corrected chi connectivity index (χ1v) is 11.1. The third-order valence-electron chi connectivity index (χ3n) is 6.09. The van der Waals surface area contributed by atoms with Crippen molar-refractivity contribution in [3.05, 3.63) is 41.5 Å². The van der Waals surface area contributed by atoms with E-state index in [2.05, 4.69) is 15.0 Å². The van der Waals surface area contributed by atoms with Crippen molar-refractivity contribution in [3.8, 4) is 11.4 Å². The highest BCUT2D eigenvalue weighted by Crippen LogP contribution is 2.35. The van der Waals surface area contributed by atoms with E-state index in [1.54, 1.807) is 0 Å². The fraction of sp³-hybridized carbons (Fsp3) is 0.500. The SMILES string of the molecule is N[C@@H](CC(=O)N1CCc2c(nc(-c3ccncc3)nc2C(F)(F)F)C1)CN1C(=O)CCC(F)C1O. The Morgan fingerprint density at radius 3 is 2.63 bits per heavy atom. The van der Waals surface area contributed by atoms with E-state index in [9.17, 15) is 32.3 Å². The molecule has 2 aromatic heterocycles. The van der Waals surface area contributed by atoms with Crippen LogP contribution in [0.25, 0.3) is 11.4 Å². The van der Waals surface area contributed by atoms with Gasteiger partial charge in [-0.3, -0.25) is 14.6 Å². The largest absolute Gasteiger partial charge is 0.433 e. The second kappa shape index (κ2) is 9.82. The monoisotopic (exact) mass is 496 g/mol. The molecule has 2 unspecified atom stereocenters. The zero-order valence-electron chi connectivity index (χ0n) is 18.6. The lowest BCUT2D eigenvalue weighted by Crippen LogP contribution is -2.54. The molecule has 4 rings (SSSR count). The van der Waals surface area contributed by atoms with Crippen molar-refractivity contribution >= 4 is 11.8 Å². The summed E-state index contributed by atoms with van der Waals surface area (Å²) in [6.45, 7) is -0.372. The van der Waals surface area contributed by atoms with Crippen LogP contribution in [0.1, 0.15) is 36.2 Å². The first-order chi connectivity index (χ1) is 16.5. The van der Waals surface area contributed by atoms with Crippen molar-refractivity contribution in [2.45, 2.75) is 56.8 Å². The Kier molecular flexibility index (Phi) is 6.99. The molecule has 2 aromatic rings. The van der Waals surface area contributed by atoms with E-state index >= 15 is 0 Å². The summed E-state index contributed by atoms with van der Waals surface area (Å²) < 4.78 is 55.0. The third kappa shape index (κ3) is 5.40. The predicted molar refractivity (Wildman–Crippen MR) is 114 cm³/mol. The van der Waals surface area contributed by atoms with Gasteiger partial charge in [-0.1, -0.05) is 0 Å². The van der Waals surface area contributed by atoms with Gasteiger partial charge in [-0.25, -0.2) is 14.4 Å². The summed E-state index contributed by atoms with van der Waals surface area (Å²) in [5.41, 5.74) is 5.36. The summed E-state index contributed by atoms with van der Waals surface area (Å²) in [6.07, 6.45) is -5.56. The maximum absolute atomic E-state index is 13.8. The van der Waals surface area contributed by atoms with Gasteiger partial charge in [0.1, 0.15) is 6.17 Å². The van der Waals surface area contributed by atoms with E-state index in [0.717, 1.165) is 4.90 Å². The van der Waals surface area contributed by atoms with Crippen molar-refractivity contribution in [3.63, 3.8) is 0 Å². The number of alkyl halides is 4. The molecule has 188 valence electrons. The zero-order valence-corrected chi connectivity index (χ0v) is 18.6. The number of nitrogens with two attached hydrogens (primary N) is 1. The zero-order chi connectivity index (χ0) is 25.3. The van der Waals surface area contributed by atoms with Crippen LogP contribution in [0.2, 0.25) is 0 Å². The molecular weight excluding hydrogens is 472 g/mol. The van der Waals surface area contributed by atoms with E-state index in [1.165, 1.54) is 29.4 Å². The summed E-state index contributed by atoms with van der Waals surface area (Å²) >= 11 is 0. The van der Waals surface area contributed by atoms with Gasteiger partial charge in [0.2, 0.25) is 11.8 Å². The van der Waals surface area contributed by atoms with Crippen LogP contribution in [0.5, 0.6) is 0 Å². The maximum atomic E-state index is 13.8. The van der Waals surface area contributed by atoms with Gasteiger partial charge in [-0.05, 0) is 25.0 Å². The van der Waals surface area contributed by atoms with Crippen LogP contribution >= 0.6 is 0 Å². The molecule has 4 heterocycles. The molecule has 1 saturated heterocycles. The fourth-order valence-corrected chi connectivity index (χ4v) is 4.29. The molecule has 2 aliphatic rings. The molecule has 35 heavy (non-hydrogen) atoms. The quantitative estimate of drug-likeness (QED) is 0.600. The number of amides is 2. The molecule has 2 amide bonds. The summed E-state index contributed by atoms with van der Waals surface area (Å²) in [6, 6.07) is 2.09. The number of hydrogen-bond donors (Lipinski definition) is 2. The minimum atomic E-state index is -4.70. The number of likely N-dealkylation sites (tertiary alicyclic amines) is 1. The van der Waals surface area contributed by atoms with E-state index < -0.39 is 42.1 Å². The van der Waals surface area contributed by atoms with Crippen molar-refractivity contribution in [1.82, 2.24) is 24.8 Å². The molecule has 2 aliphatic heterocycles. The first kappa shape index (κ1) is 24.9. The Morgan fingerprint density at radius 1 is 1.23 bits per heavy atom. The molecule has 13 heteroatoms. The second-order valence-corrected chi connectivity index (χ2v) is 8.60. The normalized spacial score (nSPS) is 21.6. The molecule has 0 bridgehead atoms. The Morgan fingerprint density at radius 2 is 1.94 bits per heavy atom. The van der Waals surface area contributed by atoms with Gasteiger partial charge in [0.05, 0.1) is 12.2 Å². The fourth-order valence-electron chi connectivity index (χ4n) is 4.29. The van der Waals surface area contributed by atoms with Crippen LogP contribution in [-0.2, 0) is 28.7 Å². The predicted octanol–water partition coefficient (Wildman–Crippen LogP) is 1.44. The number of aliphatic hydroxyl groups excluding tert-OH is 1.